The van der Waals surface area contributed by atoms with Crippen LogP contribution in [0.3, 0.4) is 0 Å². The van der Waals surface area contributed by atoms with Crippen LogP contribution in [0.5, 0.6) is 0 Å². The third kappa shape index (κ3) is 3.70. The van der Waals surface area contributed by atoms with Gasteiger partial charge in [-0.1, -0.05) is 20.3 Å². The molecule has 1 rings (SSSR count). The Morgan fingerprint density at radius 1 is 1.56 bits per heavy atom. The van der Waals surface area contributed by atoms with Gasteiger partial charge in [-0.05, 0) is 24.6 Å². The Morgan fingerprint density at radius 2 is 2.31 bits per heavy atom. The molecule has 1 heterocycles. The predicted octanol–water partition coefficient (Wildman–Crippen LogP) is 2.20. The first-order valence-corrected chi connectivity index (χ1v) is 5.55. The second kappa shape index (κ2) is 6.33. The van der Waals surface area contributed by atoms with Crippen LogP contribution in [0.4, 0.5) is 0 Å². The fourth-order valence-corrected chi connectivity index (χ4v) is 1.27. The minimum absolute atomic E-state index is 0.253. The molecule has 4 nitrogen and oxygen atoms in total. The van der Waals surface area contributed by atoms with E-state index >= 15 is 0 Å². The summed E-state index contributed by atoms with van der Waals surface area (Å²) in [6.45, 7) is 5.94. The van der Waals surface area contributed by atoms with E-state index in [1.165, 1.54) is 7.11 Å². The van der Waals surface area contributed by atoms with Gasteiger partial charge in [0.1, 0.15) is 5.76 Å². The van der Waals surface area contributed by atoms with Gasteiger partial charge in [0, 0.05) is 0 Å². The van der Waals surface area contributed by atoms with Gasteiger partial charge in [-0.2, -0.15) is 0 Å². The molecule has 0 fully saturated rings. The van der Waals surface area contributed by atoms with Gasteiger partial charge in [0.25, 0.3) is 0 Å². The van der Waals surface area contributed by atoms with Crippen molar-refractivity contribution >= 4 is 5.97 Å². The van der Waals surface area contributed by atoms with Crippen LogP contribution in [0.25, 0.3) is 0 Å². The number of esters is 1. The Morgan fingerprint density at radius 3 is 2.94 bits per heavy atom. The van der Waals surface area contributed by atoms with Crippen LogP contribution in [-0.4, -0.2) is 19.6 Å². The minimum atomic E-state index is -0.437. The van der Waals surface area contributed by atoms with E-state index in [4.69, 9.17) is 4.42 Å². The highest BCUT2D eigenvalue weighted by Crippen LogP contribution is 2.09. The van der Waals surface area contributed by atoms with Crippen molar-refractivity contribution in [1.82, 2.24) is 5.32 Å². The summed E-state index contributed by atoms with van der Waals surface area (Å²) in [7, 11) is 1.34. The third-order valence-corrected chi connectivity index (χ3v) is 2.54. The second-order valence-corrected chi connectivity index (χ2v) is 3.90. The lowest BCUT2D eigenvalue weighted by molar-refractivity contribution is 0.0563. The normalized spacial score (nSPS) is 12.4. The lowest BCUT2D eigenvalue weighted by Gasteiger charge is -2.08. The third-order valence-electron chi connectivity index (χ3n) is 2.54. The summed E-state index contributed by atoms with van der Waals surface area (Å²) in [5, 5.41) is 3.28. The Labute approximate surface area is 96.0 Å². The number of hydrogen-bond donors (Lipinski definition) is 1. The zero-order valence-corrected chi connectivity index (χ0v) is 10.1. The molecule has 0 aliphatic rings. The Bertz CT molecular complexity index is 333. The van der Waals surface area contributed by atoms with Crippen molar-refractivity contribution in [2.45, 2.75) is 26.8 Å². The van der Waals surface area contributed by atoms with Gasteiger partial charge in [0.15, 0.2) is 0 Å². The fourth-order valence-electron chi connectivity index (χ4n) is 1.27. The maximum Gasteiger partial charge on any atom is 0.373 e. The number of nitrogens with one attached hydrogen (secondary N) is 1. The zero-order valence-electron chi connectivity index (χ0n) is 10.1. The van der Waals surface area contributed by atoms with Crippen LogP contribution < -0.4 is 5.32 Å². The summed E-state index contributed by atoms with van der Waals surface area (Å²) < 4.78 is 9.87. The van der Waals surface area contributed by atoms with E-state index in [1.807, 2.05) is 0 Å². The van der Waals surface area contributed by atoms with Gasteiger partial charge in [0.05, 0.1) is 13.7 Å². The van der Waals surface area contributed by atoms with Crippen LogP contribution in [0, 0.1) is 5.92 Å². The Balaban J connectivity index is 2.38. The first-order valence-electron chi connectivity index (χ1n) is 5.55. The zero-order chi connectivity index (χ0) is 12.0. The van der Waals surface area contributed by atoms with E-state index in [2.05, 4.69) is 23.9 Å². The summed E-state index contributed by atoms with van der Waals surface area (Å²) in [5.41, 5.74) is 0. The van der Waals surface area contributed by atoms with Crippen molar-refractivity contribution in [3.63, 3.8) is 0 Å². The molecule has 0 amide bonds. The van der Waals surface area contributed by atoms with Crippen molar-refractivity contribution in [1.29, 1.82) is 0 Å². The highest BCUT2D eigenvalue weighted by Gasteiger charge is 2.10. The molecule has 0 aliphatic carbocycles. The molecule has 16 heavy (non-hydrogen) atoms. The molecule has 1 N–H and O–H groups in total. The number of furan rings is 1. The van der Waals surface area contributed by atoms with Crippen LogP contribution in [0.1, 0.15) is 36.6 Å². The Hall–Kier alpha value is -1.29. The molecule has 0 spiro atoms. The molecule has 1 unspecified atom stereocenters. The van der Waals surface area contributed by atoms with Crippen LogP contribution in [-0.2, 0) is 11.3 Å². The summed E-state index contributed by atoms with van der Waals surface area (Å²) in [5.74, 6) is 1.22. The molecule has 0 aromatic carbocycles. The second-order valence-electron chi connectivity index (χ2n) is 3.90. The maximum atomic E-state index is 11.1. The first kappa shape index (κ1) is 12.8. The number of carbonyl (C=O) groups excluding carboxylic acids is 1. The summed E-state index contributed by atoms with van der Waals surface area (Å²) in [4.78, 5) is 11.1. The molecule has 0 saturated carbocycles. The fraction of sp³-hybridized carbons (Fsp3) is 0.583. The van der Waals surface area contributed by atoms with E-state index in [9.17, 15) is 4.79 Å². The molecular weight excluding hydrogens is 206 g/mol. The average Bonchev–Trinajstić information content (AvgIpc) is 2.76. The van der Waals surface area contributed by atoms with Crippen molar-refractivity contribution in [3.8, 4) is 0 Å². The van der Waals surface area contributed by atoms with E-state index in [0.717, 1.165) is 18.7 Å². The predicted molar refractivity (Wildman–Crippen MR) is 61.2 cm³/mol. The first-order chi connectivity index (χ1) is 7.67. The van der Waals surface area contributed by atoms with Crippen LogP contribution in [0.2, 0.25) is 0 Å². The lowest BCUT2D eigenvalue weighted by Crippen LogP contribution is -2.19. The van der Waals surface area contributed by atoms with E-state index in [0.29, 0.717) is 12.5 Å². The van der Waals surface area contributed by atoms with Gasteiger partial charge in [-0.3, -0.25) is 0 Å². The van der Waals surface area contributed by atoms with E-state index in [1.54, 1.807) is 12.1 Å². The molecule has 90 valence electrons. The molecule has 1 atom stereocenters. The van der Waals surface area contributed by atoms with Gasteiger partial charge < -0.3 is 14.5 Å². The molecule has 1 aromatic heterocycles. The number of ether oxygens (including phenoxy) is 1. The quantitative estimate of drug-likeness (QED) is 0.754. The van der Waals surface area contributed by atoms with Gasteiger partial charge in [0.2, 0.25) is 5.76 Å². The Kier molecular flexibility index (Phi) is 5.05. The largest absolute Gasteiger partial charge is 0.463 e. The van der Waals surface area contributed by atoms with Gasteiger partial charge in [-0.15, -0.1) is 0 Å². The highest BCUT2D eigenvalue weighted by atomic mass is 16.5. The average molecular weight is 225 g/mol. The molecule has 0 saturated heterocycles. The molecule has 0 bridgehead atoms. The lowest BCUT2D eigenvalue weighted by atomic mass is 10.1. The number of methoxy groups -OCH3 is 1. The van der Waals surface area contributed by atoms with Gasteiger partial charge >= 0.3 is 5.97 Å². The van der Waals surface area contributed by atoms with Crippen molar-refractivity contribution < 1.29 is 13.9 Å². The monoisotopic (exact) mass is 225 g/mol. The SMILES string of the molecule is CCC(C)CNCc1ccc(C(=O)OC)o1. The van der Waals surface area contributed by atoms with E-state index < -0.39 is 5.97 Å². The van der Waals surface area contributed by atoms with Crippen molar-refractivity contribution in [2.24, 2.45) is 5.92 Å². The topological polar surface area (TPSA) is 51.5 Å². The number of carbonyl (C=O) groups is 1. The van der Waals surface area contributed by atoms with Crippen LogP contribution in [0.15, 0.2) is 16.5 Å². The van der Waals surface area contributed by atoms with E-state index in [-0.39, 0.29) is 5.76 Å². The van der Waals surface area contributed by atoms with Crippen LogP contribution >= 0.6 is 0 Å². The van der Waals surface area contributed by atoms with Crippen molar-refractivity contribution in [2.75, 3.05) is 13.7 Å². The molecule has 0 radical (unpaired) electrons. The molecular formula is C12H19NO3. The number of hydrogen-bond acceptors (Lipinski definition) is 4. The summed E-state index contributed by atoms with van der Waals surface area (Å²) in [6, 6.07) is 3.42. The number of rotatable bonds is 6. The molecule has 4 heteroatoms. The minimum Gasteiger partial charge on any atom is -0.463 e. The summed E-state index contributed by atoms with van der Waals surface area (Å²) >= 11 is 0. The van der Waals surface area contributed by atoms with Gasteiger partial charge in [-0.25, -0.2) is 4.79 Å². The smallest absolute Gasteiger partial charge is 0.373 e. The highest BCUT2D eigenvalue weighted by molar-refractivity contribution is 5.86. The molecule has 0 aliphatic heterocycles. The molecule has 1 aromatic rings. The standard InChI is InChI=1S/C12H19NO3/c1-4-9(2)7-13-8-10-5-6-11(16-10)12(14)15-3/h5-6,9,13H,4,7-8H2,1-3H3. The van der Waals surface area contributed by atoms with Crippen molar-refractivity contribution in [3.05, 3.63) is 23.7 Å². The maximum absolute atomic E-state index is 11.1. The summed E-state index contributed by atoms with van der Waals surface area (Å²) in [6.07, 6.45) is 1.15.